The minimum Gasteiger partial charge on any atom is -0.358 e. The summed E-state index contributed by atoms with van der Waals surface area (Å²) in [5.41, 5.74) is 0.746. The molecule has 1 amide bonds. The SMILES string of the molecule is O=CNCC1CC12CC2. The molecule has 0 heterocycles. The molecule has 0 aromatic heterocycles. The monoisotopic (exact) mass is 125 g/mol. The Morgan fingerprint density at radius 2 is 2.44 bits per heavy atom. The van der Waals surface area contributed by atoms with Gasteiger partial charge >= 0.3 is 0 Å². The van der Waals surface area contributed by atoms with E-state index in [1.54, 1.807) is 0 Å². The summed E-state index contributed by atoms with van der Waals surface area (Å²) >= 11 is 0. The van der Waals surface area contributed by atoms with E-state index in [4.69, 9.17) is 0 Å². The van der Waals surface area contributed by atoms with Gasteiger partial charge in [0.25, 0.3) is 0 Å². The molecule has 0 bridgehead atoms. The standard InChI is InChI=1S/C7H11NO/c9-5-8-4-6-3-7(6)1-2-7/h5-6H,1-4H2,(H,8,9). The van der Waals surface area contributed by atoms with Crippen molar-refractivity contribution in [2.24, 2.45) is 11.3 Å². The largest absolute Gasteiger partial charge is 0.358 e. The second-order valence-corrected chi connectivity index (χ2v) is 3.29. The fourth-order valence-electron chi connectivity index (χ4n) is 1.68. The Kier molecular flexibility index (Phi) is 0.875. The first kappa shape index (κ1) is 5.27. The molecule has 1 unspecified atom stereocenters. The zero-order valence-corrected chi connectivity index (χ0v) is 5.39. The Morgan fingerprint density at radius 3 is 2.89 bits per heavy atom. The summed E-state index contributed by atoms with van der Waals surface area (Å²) in [6, 6.07) is 0. The van der Waals surface area contributed by atoms with Crippen molar-refractivity contribution in [1.82, 2.24) is 5.32 Å². The first-order chi connectivity index (χ1) is 4.37. The normalized spacial score (nSPS) is 34.0. The molecule has 2 rings (SSSR count). The van der Waals surface area contributed by atoms with Crippen LogP contribution in [-0.4, -0.2) is 13.0 Å². The Labute approximate surface area is 54.6 Å². The van der Waals surface area contributed by atoms with Crippen LogP contribution < -0.4 is 5.32 Å². The van der Waals surface area contributed by atoms with Gasteiger partial charge in [-0.25, -0.2) is 0 Å². The van der Waals surface area contributed by atoms with Gasteiger partial charge in [-0.2, -0.15) is 0 Å². The molecule has 0 aromatic carbocycles. The highest BCUT2D eigenvalue weighted by atomic mass is 16.1. The van der Waals surface area contributed by atoms with E-state index in [0.717, 1.165) is 24.3 Å². The van der Waals surface area contributed by atoms with Crippen LogP contribution in [0.1, 0.15) is 19.3 Å². The van der Waals surface area contributed by atoms with Crippen molar-refractivity contribution < 1.29 is 4.79 Å². The van der Waals surface area contributed by atoms with Crippen LogP contribution in [0.25, 0.3) is 0 Å². The van der Waals surface area contributed by atoms with E-state index in [-0.39, 0.29) is 0 Å². The van der Waals surface area contributed by atoms with Gasteiger partial charge in [0.2, 0.25) is 6.41 Å². The first-order valence-corrected chi connectivity index (χ1v) is 3.54. The molecule has 9 heavy (non-hydrogen) atoms. The Hall–Kier alpha value is -0.530. The highest BCUT2D eigenvalue weighted by Crippen LogP contribution is 2.70. The van der Waals surface area contributed by atoms with E-state index in [1.807, 2.05) is 0 Å². The lowest BCUT2D eigenvalue weighted by Crippen LogP contribution is -2.14. The molecule has 2 heteroatoms. The summed E-state index contributed by atoms with van der Waals surface area (Å²) < 4.78 is 0. The van der Waals surface area contributed by atoms with Crippen LogP contribution in [0.2, 0.25) is 0 Å². The summed E-state index contributed by atoms with van der Waals surface area (Å²) in [7, 11) is 0. The van der Waals surface area contributed by atoms with Crippen LogP contribution in [0.4, 0.5) is 0 Å². The highest BCUT2D eigenvalue weighted by molar-refractivity contribution is 5.46. The lowest BCUT2D eigenvalue weighted by Gasteiger charge is -1.92. The molecule has 1 atom stereocenters. The Morgan fingerprint density at radius 1 is 1.67 bits per heavy atom. The zero-order valence-electron chi connectivity index (χ0n) is 5.39. The smallest absolute Gasteiger partial charge is 0.207 e. The van der Waals surface area contributed by atoms with Gasteiger partial charge in [-0.15, -0.1) is 0 Å². The zero-order chi connectivity index (χ0) is 6.32. The van der Waals surface area contributed by atoms with Gasteiger partial charge in [0.1, 0.15) is 0 Å². The van der Waals surface area contributed by atoms with Crippen LogP contribution in [0.5, 0.6) is 0 Å². The second-order valence-electron chi connectivity index (χ2n) is 3.29. The van der Waals surface area contributed by atoms with Crippen LogP contribution in [0.3, 0.4) is 0 Å². The summed E-state index contributed by atoms with van der Waals surface area (Å²) in [4.78, 5) is 9.86. The Bertz CT molecular complexity index is 140. The van der Waals surface area contributed by atoms with E-state index in [1.165, 1.54) is 19.3 Å². The molecule has 0 saturated heterocycles. The molecular weight excluding hydrogens is 114 g/mol. The molecule has 2 fully saturated rings. The predicted octanol–water partition coefficient (Wildman–Crippen LogP) is 0.532. The van der Waals surface area contributed by atoms with E-state index < -0.39 is 0 Å². The number of nitrogens with one attached hydrogen (secondary N) is 1. The number of hydrogen-bond donors (Lipinski definition) is 1. The first-order valence-electron chi connectivity index (χ1n) is 3.54. The van der Waals surface area contributed by atoms with Crippen molar-refractivity contribution in [1.29, 1.82) is 0 Å². The summed E-state index contributed by atoms with van der Waals surface area (Å²) in [5.74, 6) is 0.836. The van der Waals surface area contributed by atoms with Crippen molar-refractivity contribution in [3.05, 3.63) is 0 Å². The number of amides is 1. The molecule has 2 aliphatic rings. The Balaban J connectivity index is 1.72. The van der Waals surface area contributed by atoms with Gasteiger partial charge in [-0.3, -0.25) is 4.79 Å². The molecule has 1 spiro atoms. The van der Waals surface area contributed by atoms with E-state index in [9.17, 15) is 4.79 Å². The van der Waals surface area contributed by atoms with Gasteiger partial charge in [-0.1, -0.05) is 0 Å². The van der Waals surface area contributed by atoms with Crippen molar-refractivity contribution in [2.45, 2.75) is 19.3 Å². The fraction of sp³-hybridized carbons (Fsp3) is 0.857. The van der Waals surface area contributed by atoms with Crippen LogP contribution >= 0.6 is 0 Å². The molecule has 50 valence electrons. The number of hydrogen-bond acceptors (Lipinski definition) is 1. The maximum atomic E-state index is 9.86. The molecule has 2 aliphatic carbocycles. The maximum Gasteiger partial charge on any atom is 0.207 e. The van der Waals surface area contributed by atoms with Crippen molar-refractivity contribution in [3.63, 3.8) is 0 Å². The van der Waals surface area contributed by atoms with Gasteiger partial charge in [0, 0.05) is 6.54 Å². The highest BCUT2D eigenvalue weighted by Gasteiger charge is 2.61. The lowest BCUT2D eigenvalue weighted by molar-refractivity contribution is -0.109. The molecule has 0 aliphatic heterocycles. The molecule has 2 nitrogen and oxygen atoms in total. The van der Waals surface area contributed by atoms with Gasteiger partial charge < -0.3 is 5.32 Å². The van der Waals surface area contributed by atoms with Crippen LogP contribution in [0, 0.1) is 11.3 Å². The third-order valence-electron chi connectivity index (χ3n) is 2.70. The topological polar surface area (TPSA) is 29.1 Å². The second kappa shape index (κ2) is 1.49. The fourth-order valence-corrected chi connectivity index (χ4v) is 1.68. The molecular formula is C7H11NO. The van der Waals surface area contributed by atoms with E-state index in [0.29, 0.717) is 0 Å². The van der Waals surface area contributed by atoms with Crippen molar-refractivity contribution in [3.8, 4) is 0 Å². The summed E-state index contributed by atoms with van der Waals surface area (Å²) in [6.45, 7) is 0.920. The molecule has 2 saturated carbocycles. The number of carbonyl (C=O) groups excluding carboxylic acids is 1. The maximum absolute atomic E-state index is 9.86. The molecule has 0 aromatic rings. The van der Waals surface area contributed by atoms with Crippen LogP contribution in [0.15, 0.2) is 0 Å². The minimum absolute atomic E-state index is 0.746. The number of carbonyl (C=O) groups is 1. The lowest BCUT2D eigenvalue weighted by atomic mass is 10.3. The quantitative estimate of drug-likeness (QED) is 0.548. The average Bonchev–Trinajstić information content (AvgIpc) is 2.72. The van der Waals surface area contributed by atoms with Gasteiger partial charge in [-0.05, 0) is 30.6 Å². The predicted molar refractivity (Wildman–Crippen MR) is 33.8 cm³/mol. The van der Waals surface area contributed by atoms with Gasteiger partial charge in [0.15, 0.2) is 0 Å². The summed E-state index contributed by atoms with van der Waals surface area (Å²) in [6.07, 6.45) is 5.00. The van der Waals surface area contributed by atoms with Crippen molar-refractivity contribution in [2.75, 3.05) is 6.54 Å². The average molecular weight is 125 g/mol. The third kappa shape index (κ3) is 0.732. The van der Waals surface area contributed by atoms with Crippen LogP contribution in [-0.2, 0) is 4.79 Å². The molecule has 0 radical (unpaired) electrons. The van der Waals surface area contributed by atoms with Gasteiger partial charge in [0.05, 0.1) is 0 Å². The van der Waals surface area contributed by atoms with E-state index in [2.05, 4.69) is 5.32 Å². The summed E-state index contributed by atoms with van der Waals surface area (Å²) in [5, 5.41) is 2.73. The number of rotatable bonds is 3. The van der Waals surface area contributed by atoms with Crippen molar-refractivity contribution >= 4 is 6.41 Å². The minimum atomic E-state index is 0.746. The molecule has 1 N–H and O–H groups in total. The van der Waals surface area contributed by atoms with E-state index >= 15 is 0 Å². The third-order valence-corrected chi connectivity index (χ3v) is 2.70.